The largest absolute Gasteiger partial charge is 0.469 e. The third kappa shape index (κ3) is 1.61. The molecule has 0 aromatic carbocycles. The quantitative estimate of drug-likeness (QED) is 0.577. The minimum Gasteiger partial charge on any atom is -0.469 e. The summed E-state index contributed by atoms with van der Waals surface area (Å²) in [6.07, 6.45) is 0.0671. The van der Waals surface area contributed by atoms with Crippen molar-refractivity contribution in [1.29, 1.82) is 0 Å². The van der Waals surface area contributed by atoms with Crippen LogP contribution in [0.15, 0.2) is 5.10 Å². The molecule has 1 atom stereocenters. The van der Waals surface area contributed by atoms with Crippen LogP contribution in [-0.2, 0) is 14.3 Å². The monoisotopic (exact) mass is 170 g/mol. The molecule has 0 unspecified atom stereocenters. The van der Waals surface area contributed by atoms with Crippen LogP contribution in [0.3, 0.4) is 0 Å². The minimum absolute atomic E-state index is 0.0671. The number of carbonyl (C=O) groups excluding carboxylic acids is 2. The minimum atomic E-state index is -0.447. The van der Waals surface area contributed by atoms with E-state index in [9.17, 15) is 9.59 Å². The van der Waals surface area contributed by atoms with Crippen molar-refractivity contribution in [3.05, 3.63) is 0 Å². The third-order valence-corrected chi connectivity index (χ3v) is 1.76. The Labute approximate surface area is 69.8 Å². The zero-order valence-electron chi connectivity index (χ0n) is 6.96. The second-order valence-electron chi connectivity index (χ2n) is 2.56. The van der Waals surface area contributed by atoms with Crippen molar-refractivity contribution in [2.24, 2.45) is 11.0 Å². The number of nitrogens with one attached hydrogen (secondary N) is 1. The molecule has 0 fully saturated rings. The summed E-state index contributed by atoms with van der Waals surface area (Å²) in [5.41, 5.74) is 2.92. The second kappa shape index (κ2) is 3.34. The maximum Gasteiger partial charge on any atom is 0.306 e. The predicted molar refractivity (Wildman–Crippen MR) is 41.4 cm³/mol. The Bertz CT molecular complexity index is 247. The summed E-state index contributed by atoms with van der Waals surface area (Å²) in [5, 5.41) is 3.70. The zero-order valence-corrected chi connectivity index (χ0v) is 6.96. The summed E-state index contributed by atoms with van der Waals surface area (Å²) in [4.78, 5) is 21.8. The van der Waals surface area contributed by atoms with Crippen LogP contribution >= 0.6 is 0 Å². The number of ether oxygens (including phenoxy) is 1. The lowest BCUT2D eigenvalue weighted by atomic mass is 10.0. The lowest BCUT2D eigenvalue weighted by molar-refractivity contribution is -0.142. The highest BCUT2D eigenvalue weighted by Gasteiger charge is 2.29. The number of hydrogen-bond acceptors (Lipinski definition) is 4. The Morgan fingerprint density at radius 2 is 2.42 bits per heavy atom. The smallest absolute Gasteiger partial charge is 0.306 e. The molecule has 0 saturated heterocycles. The van der Waals surface area contributed by atoms with Gasteiger partial charge in [-0.05, 0) is 6.92 Å². The molecule has 0 bridgehead atoms. The van der Waals surface area contributed by atoms with Crippen molar-refractivity contribution in [3.8, 4) is 0 Å². The van der Waals surface area contributed by atoms with Gasteiger partial charge in [0.2, 0.25) is 5.91 Å². The molecule has 0 radical (unpaired) electrons. The van der Waals surface area contributed by atoms with Crippen LogP contribution in [0.1, 0.15) is 13.3 Å². The Balaban J connectivity index is 2.57. The first-order valence-corrected chi connectivity index (χ1v) is 3.56. The average Bonchev–Trinajstić information content (AvgIpc) is 2.35. The maximum absolute atomic E-state index is 11.0. The van der Waals surface area contributed by atoms with Gasteiger partial charge in [0.15, 0.2) is 0 Å². The normalized spacial score (nSPS) is 21.7. The first kappa shape index (κ1) is 8.70. The SMILES string of the molecule is COC(=O)C[C@H]1C(=O)NN=C1C. The second-order valence-corrected chi connectivity index (χ2v) is 2.56. The predicted octanol–water partition coefficient (Wildman–Crippen LogP) is -0.329. The molecule has 5 heteroatoms. The molecular formula is C7H10N2O3. The van der Waals surface area contributed by atoms with Crippen molar-refractivity contribution >= 4 is 17.6 Å². The van der Waals surface area contributed by atoms with Crippen LogP contribution in [0.2, 0.25) is 0 Å². The lowest BCUT2D eigenvalue weighted by Gasteiger charge is -2.04. The Morgan fingerprint density at radius 1 is 1.75 bits per heavy atom. The van der Waals surface area contributed by atoms with Crippen molar-refractivity contribution in [2.75, 3.05) is 7.11 Å². The van der Waals surface area contributed by atoms with Crippen LogP contribution in [0.4, 0.5) is 0 Å². The number of esters is 1. The Morgan fingerprint density at radius 3 is 2.83 bits per heavy atom. The van der Waals surface area contributed by atoms with Gasteiger partial charge in [-0.1, -0.05) is 0 Å². The fourth-order valence-electron chi connectivity index (χ4n) is 0.979. The first-order valence-electron chi connectivity index (χ1n) is 3.56. The number of rotatable bonds is 2. The summed E-state index contributed by atoms with van der Waals surface area (Å²) >= 11 is 0. The molecule has 1 amide bonds. The van der Waals surface area contributed by atoms with Crippen LogP contribution in [0.25, 0.3) is 0 Å². The number of hydrogen-bond donors (Lipinski definition) is 1. The molecule has 0 spiro atoms. The highest BCUT2D eigenvalue weighted by Crippen LogP contribution is 2.11. The maximum atomic E-state index is 11.0. The van der Waals surface area contributed by atoms with E-state index >= 15 is 0 Å². The molecule has 12 heavy (non-hydrogen) atoms. The summed E-state index contributed by atoms with van der Waals surface area (Å²) in [5.74, 6) is -1.08. The fraction of sp³-hybridized carbons (Fsp3) is 0.571. The van der Waals surface area contributed by atoms with E-state index in [-0.39, 0.29) is 12.3 Å². The van der Waals surface area contributed by atoms with E-state index in [2.05, 4.69) is 15.3 Å². The van der Waals surface area contributed by atoms with E-state index in [1.165, 1.54) is 7.11 Å². The van der Waals surface area contributed by atoms with Crippen molar-refractivity contribution in [2.45, 2.75) is 13.3 Å². The van der Waals surface area contributed by atoms with Crippen LogP contribution in [0.5, 0.6) is 0 Å². The van der Waals surface area contributed by atoms with E-state index in [0.29, 0.717) is 5.71 Å². The number of carbonyl (C=O) groups is 2. The van der Waals surface area contributed by atoms with Crippen molar-refractivity contribution in [3.63, 3.8) is 0 Å². The van der Waals surface area contributed by atoms with Crippen molar-refractivity contribution < 1.29 is 14.3 Å². The van der Waals surface area contributed by atoms with Gasteiger partial charge in [-0.2, -0.15) is 5.10 Å². The van der Waals surface area contributed by atoms with E-state index in [0.717, 1.165) is 0 Å². The van der Waals surface area contributed by atoms with Gasteiger partial charge >= 0.3 is 5.97 Å². The fourth-order valence-corrected chi connectivity index (χ4v) is 0.979. The van der Waals surface area contributed by atoms with Gasteiger partial charge in [0.25, 0.3) is 0 Å². The summed E-state index contributed by atoms with van der Waals surface area (Å²) in [7, 11) is 1.29. The number of methoxy groups -OCH3 is 1. The molecule has 1 N–H and O–H groups in total. The lowest BCUT2D eigenvalue weighted by Crippen LogP contribution is -2.25. The van der Waals surface area contributed by atoms with Crippen LogP contribution in [-0.4, -0.2) is 24.7 Å². The van der Waals surface area contributed by atoms with E-state index in [1.54, 1.807) is 6.92 Å². The molecule has 1 aliphatic heterocycles. The average molecular weight is 170 g/mol. The van der Waals surface area contributed by atoms with Crippen LogP contribution in [0, 0.1) is 5.92 Å². The molecule has 5 nitrogen and oxygen atoms in total. The van der Waals surface area contributed by atoms with Gasteiger partial charge in [-0.25, -0.2) is 5.43 Å². The Hall–Kier alpha value is -1.39. The molecule has 1 rings (SSSR count). The highest BCUT2D eigenvalue weighted by molar-refractivity contribution is 6.08. The highest BCUT2D eigenvalue weighted by atomic mass is 16.5. The number of amides is 1. The van der Waals surface area contributed by atoms with Gasteiger partial charge in [0.05, 0.1) is 19.4 Å². The topological polar surface area (TPSA) is 67.8 Å². The molecule has 0 aromatic heterocycles. The summed E-state index contributed by atoms with van der Waals surface area (Å²) in [6, 6.07) is 0. The first-order chi connectivity index (χ1) is 5.65. The zero-order chi connectivity index (χ0) is 9.14. The van der Waals surface area contributed by atoms with E-state index < -0.39 is 11.9 Å². The third-order valence-electron chi connectivity index (χ3n) is 1.76. The van der Waals surface area contributed by atoms with Gasteiger partial charge < -0.3 is 4.74 Å². The molecule has 0 aromatic rings. The van der Waals surface area contributed by atoms with Gasteiger partial charge in [0.1, 0.15) is 0 Å². The van der Waals surface area contributed by atoms with Crippen LogP contribution < -0.4 is 5.43 Å². The summed E-state index contributed by atoms with van der Waals surface area (Å²) < 4.78 is 4.43. The van der Waals surface area contributed by atoms with E-state index in [4.69, 9.17) is 0 Å². The molecular weight excluding hydrogens is 160 g/mol. The molecule has 1 heterocycles. The molecule has 0 saturated carbocycles. The number of hydrazone groups is 1. The molecule has 66 valence electrons. The van der Waals surface area contributed by atoms with Gasteiger partial charge in [-0.3, -0.25) is 9.59 Å². The van der Waals surface area contributed by atoms with Crippen molar-refractivity contribution in [1.82, 2.24) is 5.43 Å². The van der Waals surface area contributed by atoms with E-state index in [1.807, 2.05) is 0 Å². The molecule has 0 aliphatic carbocycles. The molecule has 1 aliphatic rings. The standard InChI is InChI=1S/C7H10N2O3/c1-4-5(3-6(10)12-2)7(11)9-8-4/h5H,3H2,1-2H3,(H,9,11)/t5-/m1/s1. The number of nitrogens with zero attached hydrogens (tertiary/aromatic N) is 1. The Kier molecular flexibility index (Phi) is 2.42. The van der Waals surface area contributed by atoms with Gasteiger partial charge in [0, 0.05) is 5.71 Å². The van der Waals surface area contributed by atoms with Gasteiger partial charge in [-0.15, -0.1) is 0 Å². The summed E-state index contributed by atoms with van der Waals surface area (Å²) in [6.45, 7) is 1.70.